The van der Waals surface area contributed by atoms with Crippen LogP contribution in [0.2, 0.25) is 0 Å². The van der Waals surface area contributed by atoms with Crippen LogP contribution in [0.5, 0.6) is 0 Å². The van der Waals surface area contributed by atoms with E-state index in [9.17, 15) is 0 Å². The molecule has 0 amide bonds. The third-order valence-corrected chi connectivity index (χ3v) is 7.96. The van der Waals surface area contributed by atoms with Gasteiger partial charge < -0.3 is 14.8 Å². The first kappa shape index (κ1) is 20.0. The molecule has 0 unspecified atom stereocenters. The van der Waals surface area contributed by atoms with Crippen molar-refractivity contribution < 1.29 is 0 Å². The minimum absolute atomic E-state index is 0.111. The Morgan fingerprint density at radius 3 is 2.37 bits per heavy atom. The van der Waals surface area contributed by atoms with Crippen LogP contribution >= 0.6 is 12.2 Å². The third-order valence-electron chi connectivity index (χ3n) is 7.64. The van der Waals surface area contributed by atoms with Crippen molar-refractivity contribution in [3.8, 4) is 0 Å². The monoisotopic (exact) mass is 422 g/mol. The van der Waals surface area contributed by atoms with Crippen LogP contribution in [-0.2, 0) is 0 Å². The Labute approximate surface area is 186 Å². The summed E-state index contributed by atoms with van der Waals surface area (Å²) in [6.45, 7) is 4.63. The van der Waals surface area contributed by atoms with E-state index < -0.39 is 0 Å². The third kappa shape index (κ3) is 3.45. The number of aromatic nitrogens is 2. The van der Waals surface area contributed by atoms with Crippen molar-refractivity contribution in [3.63, 3.8) is 0 Å². The fourth-order valence-corrected chi connectivity index (χ4v) is 6.67. The summed E-state index contributed by atoms with van der Waals surface area (Å²) in [6.07, 6.45) is 13.7. The van der Waals surface area contributed by atoms with Crippen LogP contribution in [0, 0.1) is 13.8 Å². The summed E-state index contributed by atoms with van der Waals surface area (Å²) >= 11 is 5.92. The average Bonchev–Trinajstić information content (AvgIpc) is 3.47. The summed E-state index contributed by atoms with van der Waals surface area (Å²) in [4.78, 5) is 7.26. The van der Waals surface area contributed by atoms with Crippen molar-refractivity contribution in [3.05, 3.63) is 53.1 Å². The summed E-state index contributed by atoms with van der Waals surface area (Å²) in [5.74, 6) is 0. The second-order valence-corrected chi connectivity index (χ2v) is 9.85. The van der Waals surface area contributed by atoms with Gasteiger partial charge in [-0.15, -0.1) is 0 Å². The van der Waals surface area contributed by atoms with Gasteiger partial charge in [-0.05, 0) is 75.5 Å². The maximum atomic E-state index is 5.92. The Hall–Kier alpha value is -1.88. The van der Waals surface area contributed by atoms with Crippen molar-refractivity contribution in [2.45, 2.75) is 95.8 Å². The molecule has 2 aliphatic carbocycles. The lowest BCUT2D eigenvalue weighted by Gasteiger charge is -2.33. The molecule has 5 rings (SSSR count). The number of pyridine rings is 1. The van der Waals surface area contributed by atoms with E-state index in [2.05, 4.69) is 46.8 Å². The van der Waals surface area contributed by atoms with Gasteiger partial charge in [0.1, 0.15) is 0 Å². The predicted molar refractivity (Wildman–Crippen MR) is 126 cm³/mol. The van der Waals surface area contributed by atoms with Crippen LogP contribution in [0.3, 0.4) is 0 Å². The van der Waals surface area contributed by atoms with Gasteiger partial charge in [0.25, 0.3) is 0 Å². The molecule has 0 bridgehead atoms. The molecule has 160 valence electrons. The molecule has 30 heavy (non-hydrogen) atoms. The van der Waals surface area contributed by atoms with Gasteiger partial charge in [-0.2, -0.15) is 0 Å². The molecule has 1 saturated heterocycles. The number of rotatable bonds is 4. The lowest BCUT2D eigenvalue weighted by Crippen LogP contribution is -2.37. The van der Waals surface area contributed by atoms with E-state index >= 15 is 0 Å². The number of nitrogens with one attached hydrogen (secondary N) is 1. The van der Waals surface area contributed by atoms with Gasteiger partial charge in [-0.25, -0.2) is 0 Å². The molecular weight excluding hydrogens is 388 g/mol. The van der Waals surface area contributed by atoms with Crippen molar-refractivity contribution in [2.75, 3.05) is 0 Å². The minimum atomic E-state index is 0.111. The van der Waals surface area contributed by atoms with Gasteiger partial charge in [0.05, 0.1) is 17.8 Å². The summed E-state index contributed by atoms with van der Waals surface area (Å²) in [5, 5.41) is 4.57. The van der Waals surface area contributed by atoms with Gasteiger partial charge in [-0.1, -0.05) is 38.2 Å². The molecule has 0 radical (unpaired) electrons. The molecule has 3 heterocycles. The molecule has 0 aromatic carbocycles. The highest BCUT2D eigenvalue weighted by Gasteiger charge is 2.45. The Balaban J connectivity index is 1.58. The highest BCUT2D eigenvalue weighted by molar-refractivity contribution is 7.80. The first-order valence-corrected chi connectivity index (χ1v) is 12.2. The van der Waals surface area contributed by atoms with Crippen LogP contribution < -0.4 is 5.32 Å². The Kier molecular flexibility index (Phi) is 5.57. The Morgan fingerprint density at radius 1 is 0.967 bits per heavy atom. The fourth-order valence-electron chi connectivity index (χ4n) is 6.28. The zero-order valence-electron chi connectivity index (χ0n) is 18.3. The van der Waals surface area contributed by atoms with Crippen LogP contribution in [0.25, 0.3) is 0 Å². The van der Waals surface area contributed by atoms with Crippen LogP contribution in [-0.4, -0.2) is 25.6 Å². The van der Waals surface area contributed by atoms with Crippen LogP contribution in [0.4, 0.5) is 0 Å². The number of hydrogen-bond donors (Lipinski definition) is 1. The molecule has 3 aliphatic rings. The standard InChI is InChI=1S/C25H34N4S/c1-17-16-21(18(2)28(17)19-10-4-3-5-11-19)24-23(22-14-8-9-15-26-22)27-25(30)29(24)20-12-6-7-13-20/h8-9,14-16,19-20,23-24H,3-7,10-13H2,1-2H3,(H,27,30)/t23-,24-/m0/s1. The molecule has 1 aliphatic heterocycles. The molecular formula is C25H34N4S. The van der Waals surface area contributed by atoms with Gasteiger partial charge in [-0.3, -0.25) is 4.98 Å². The second kappa shape index (κ2) is 8.33. The van der Waals surface area contributed by atoms with E-state index in [1.165, 1.54) is 74.7 Å². The highest BCUT2D eigenvalue weighted by atomic mass is 32.1. The number of thiocarbonyl (C=S) groups is 1. The van der Waals surface area contributed by atoms with Crippen molar-refractivity contribution in [1.29, 1.82) is 0 Å². The average molecular weight is 423 g/mol. The van der Waals surface area contributed by atoms with Gasteiger partial charge in [0, 0.05) is 29.7 Å². The highest BCUT2D eigenvalue weighted by Crippen LogP contribution is 2.45. The minimum Gasteiger partial charge on any atom is -0.352 e. The smallest absolute Gasteiger partial charge is 0.170 e. The first-order valence-electron chi connectivity index (χ1n) is 11.8. The largest absolute Gasteiger partial charge is 0.352 e. The van der Waals surface area contributed by atoms with Crippen LogP contribution in [0.15, 0.2) is 30.5 Å². The zero-order valence-corrected chi connectivity index (χ0v) is 19.1. The predicted octanol–water partition coefficient (Wildman–Crippen LogP) is 5.92. The van der Waals surface area contributed by atoms with E-state index in [0.717, 1.165) is 10.8 Å². The SMILES string of the molecule is Cc1cc([C@H]2[C@H](c3ccccn3)NC(=S)N2C2CCCC2)c(C)n1C1CCCCC1. The summed E-state index contributed by atoms with van der Waals surface area (Å²) in [6, 6.07) is 10.2. The maximum absolute atomic E-state index is 5.92. The van der Waals surface area contributed by atoms with Crippen molar-refractivity contribution in [1.82, 2.24) is 19.8 Å². The number of hydrogen-bond acceptors (Lipinski definition) is 2. The number of aryl methyl sites for hydroxylation is 1. The molecule has 3 fully saturated rings. The van der Waals surface area contributed by atoms with Crippen molar-refractivity contribution >= 4 is 17.3 Å². The van der Waals surface area contributed by atoms with E-state index in [1.54, 1.807) is 0 Å². The lowest BCUT2D eigenvalue weighted by molar-refractivity contribution is 0.244. The molecule has 5 heteroatoms. The zero-order chi connectivity index (χ0) is 20.7. The van der Waals surface area contributed by atoms with E-state index in [-0.39, 0.29) is 12.1 Å². The van der Waals surface area contributed by atoms with E-state index in [1.807, 2.05) is 12.3 Å². The molecule has 0 spiro atoms. The summed E-state index contributed by atoms with van der Waals surface area (Å²) in [5.41, 5.74) is 5.36. The maximum Gasteiger partial charge on any atom is 0.170 e. The van der Waals surface area contributed by atoms with Gasteiger partial charge >= 0.3 is 0 Å². The van der Waals surface area contributed by atoms with Gasteiger partial charge in [0.15, 0.2) is 5.11 Å². The molecule has 2 atom stereocenters. The first-order chi connectivity index (χ1) is 14.6. The molecule has 4 nitrogen and oxygen atoms in total. The second-order valence-electron chi connectivity index (χ2n) is 9.46. The molecule has 2 saturated carbocycles. The normalized spacial score (nSPS) is 25.8. The Bertz CT molecular complexity index is 893. The van der Waals surface area contributed by atoms with Crippen molar-refractivity contribution in [2.24, 2.45) is 0 Å². The number of nitrogens with zero attached hydrogens (tertiary/aromatic N) is 3. The molecule has 2 aromatic heterocycles. The fraction of sp³-hybridized carbons (Fsp3) is 0.600. The Morgan fingerprint density at radius 2 is 1.67 bits per heavy atom. The van der Waals surface area contributed by atoms with Crippen LogP contribution in [0.1, 0.15) is 98.6 Å². The quantitative estimate of drug-likeness (QED) is 0.620. The van der Waals surface area contributed by atoms with Gasteiger partial charge in [0.2, 0.25) is 0 Å². The van der Waals surface area contributed by atoms with E-state index in [4.69, 9.17) is 17.2 Å². The lowest BCUT2D eigenvalue weighted by atomic mass is 9.94. The van der Waals surface area contributed by atoms with E-state index in [0.29, 0.717) is 12.1 Å². The summed E-state index contributed by atoms with van der Waals surface area (Å²) in [7, 11) is 0. The molecule has 1 N–H and O–H groups in total. The summed E-state index contributed by atoms with van der Waals surface area (Å²) < 4.78 is 2.64. The molecule has 2 aromatic rings. The topological polar surface area (TPSA) is 33.1 Å².